The number of halogens is 6. The predicted octanol–water partition coefficient (Wildman–Crippen LogP) is 4.46. The first-order chi connectivity index (χ1) is 18.9. The summed E-state index contributed by atoms with van der Waals surface area (Å²) in [7, 11) is 0. The summed E-state index contributed by atoms with van der Waals surface area (Å²) in [5.74, 6) is -2.52. The largest absolute Gasteiger partial charge is 0.450 e. The number of rotatable bonds is 5. The summed E-state index contributed by atoms with van der Waals surface area (Å²) in [6, 6.07) is 4.39. The van der Waals surface area contributed by atoms with Crippen LogP contribution < -0.4 is 15.8 Å². The van der Waals surface area contributed by atoms with Crippen molar-refractivity contribution in [2.24, 2.45) is 0 Å². The molecule has 15 heteroatoms. The van der Waals surface area contributed by atoms with Gasteiger partial charge in [0.15, 0.2) is 34.7 Å². The minimum absolute atomic E-state index is 0.0689. The van der Waals surface area contributed by atoms with E-state index in [1.807, 2.05) is 5.32 Å². The zero-order valence-corrected chi connectivity index (χ0v) is 20.1. The quantitative estimate of drug-likeness (QED) is 0.242. The summed E-state index contributed by atoms with van der Waals surface area (Å²) in [6.45, 7) is 1.37. The maximum absolute atomic E-state index is 14.8. The second kappa shape index (κ2) is 10.9. The first-order valence-corrected chi connectivity index (χ1v) is 11.0. The average Bonchev–Trinajstić information content (AvgIpc) is 3.32. The number of alkyl halides is 3. The Balaban J connectivity index is 1.65. The van der Waals surface area contributed by atoms with Crippen LogP contribution in [0.2, 0.25) is 0 Å². The van der Waals surface area contributed by atoms with Crippen molar-refractivity contribution in [3.05, 3.63) is 83.2 Å². The van der Waals surface area contributed by atoms with Crippen molar-refractivity contribution in [3.8, 4) is 29.2 Å². The molecule has 3 aromatic heterocycles. The van der Waals surface area contributed by atoms with Crippen LogP contribution in [0.1, 0.15) is 28.5 Å². The van der Waals surface area contributed by atoms with E-state index in [0.717, 1.165) is 18.3 Å². The minimum Gasteiger partial charge on any atom is -0.450 e. The number of carbonyl (C=O) groups excluding carboxylic acids is 1. The number of aliphatic hydroxyl groups is 1. The molecule has 1 unspecified atom stereocenters. The molecule has 0 radical (unpaired) electrons. The van der Waals surface area contributed by atoms with Gasteiger partial charge in [-0.2, -0.15) is 18.3 Å². The van der Waals surface area contributed by atoms with Gasteiger partial charge in [-0.3, -0.25) is 4.79 Å². The molecule has 4 rings (SSSR count). The summed E-state index contributed by atoms with van der Waals surface area (Å²) in [4.78, 5) is 20.0. The van der Waals surface area contributed by atoms with Crippen LogP contribution in [-0.2, 0) is 6.18 Å². The molecule has 0 spiro atoms. The zero-order chi connectivity index (χ0) is 29.2. The van der Waals surface area contributed by atoms with Gasteiger partial charge < -0.3 is 20.9 Å². The highest BCUT2D eigenvalue weighted by molar-refractivity contribution is 6.05. The van der Waals surface area contributed by atoms with E-state index in [1.165, 1.54) is 19.2 Å². The third-order valence-electron chi connectivity index (χ3n) is 5.04. The molecule has 3 heterocycles. The van der Waals surface area contributed by atoms with Gasteiger partial charge >= 0.3 is 6.18 Å². The number of benzene rings is 1. The van der Waals surface area contributed by atoms with E-state index in [1.54, 1.807) is 0 Å². The summed E-state index contributed by atoms with van der Waals surface area (Å²) >= 11 is 0. The number of nitrogens with two attached hydrogens (primary N) is 1. The Morgan fingerprint density at radius 2 is 1.82 bits per heavy atom. The van der Waals surface area contributed by atoms with Crippen LogP contribution >= 0.6 is 0 Å². The van der Waals surface area contributed by atoms with Crippen LogP contribution in [0.4, 0.5) is 37.8 Å². The third-order valence-corrected chi connectivity index (χ3v) is 5.04. The Hall–Kier alpha value is -5.10. The van der Waals surface area contributed by atoms with Gasteiger partial charge in [-0.25, -0.2) is 27.8 Å². The summed E-state index contributed by atoms with van der Waals surface area (Å²) < 4.78 is 90.7. The van der Waals surface area contributed by atoms with Gasteiger partial charge in [-0.15, -0.1) is 0 Å². The lowest BCUT2D eigenvalue weighted by atomic mass is 10.2. The molecule has 9 nitrogen and oxygen atoms in total. The Morgan fingerprint density at radius 3 is 2.45 bits per heavy atom. The molecule has 0 aliphatic carbocycles. The number of hydrogen-bond donors (Lipinski definition) is 3. The predicted molar refractivity (Wildman–Crippen MR) is 128 cm³/mol. The smallest absolute Gasteiger partial charge is 0.434 e. The van der Waals surface area contributed by atoms with Crippen molar-refractivity contribution in [1.29, 1.82) is 0 Å². The van der Waals surface area contributed by atoms with Gasteiger partial charge in [0, 0.05) is 36.3 Å². The number of anilines is 2. The highest BCUT2D eigenvalue weighted by atomic mass is 19.4. The second-order valence-corrected chi connectivity index (χ2v) is 7.97. The van der Waals surface area contributed by atoms with Crippen LogP contribution in [0, 0.1) is 29.3 Å². The molecule has 0 aliphatic heterocycles. The molecule has 1 aromatic carbocycles. The topological polar surface area (TPSA) is 128 Å². The molecule has 0 aliphatic rings. The highest BCUT2D eigenvalue weighted by Gasteiger charge is 2.41. The van der Waals surface area contributed by atoms with E-state index < -0.39 is 64.2 Å². The lowest BCUT2D eigenvalue weighted by Crippen LogP contribution is -2.21. The fourth-order valence-corrected chi connectivity index (χ4v) is 3.37. The monoisotopic (exact) mass is 562 g/mol. The Kier molecular flexibility index (Phi) is 7.64. The van der Waals surface area contributed by atoms with Crippen molar-refractivity contribution in [1.82, 2.24) is 19.7 Å². The number of nitrogens with one attached hydrogen (secondary N) is 1. The van der Waals surface area contributed by atoms with Crippen LogP contribution in [0.5, 0.6) is 11.5 Å². The van der Waals surface area contributed by atoms with Crippen molar-refractivity contribution in [2.75, 3.05) is 11.1 Å². The van der Waals surface area contributed by atoms with Crippen LogP contribution in [-0.4, -0.2) is 36.9 Å². The molecule has 0 saturated carbocycles. The molecular weight excluding hydrogens is 546 g/mol. The van der Waals surface area contributed by atoms with Crippen molar-refractivity contribution in [2.45, 2.75) is 19.2 Å². The van der Waals surface area contributed by atoms with Crippen LogP contribution in [0.25, 0.3) is 5.82 Å². The van der Waals surface area contributed by atoms with E-state index in [4.69, 9.17) is 10.5 Å². The zero-order valence-electron chi connectivity index (χ0n) is 20.1. The summed E-state index contributed by atoms with van der Waals surface area (Å²) in [5.41, 5.74) is 2.38. The maximum Gasteiger partial charge on any atom is 0.434 e. The van der Waals surface area contributed by atoms with E-state index in [2.05, 4.69) is 26.9 Å². The number of carbonyl (C=O) groups is 1. The summed E-state index contributed by atoms with van der Waals surface area (Å²) in [6.07, 6.45) is -3.53. The van der Waals surface area contributed by atoms with Gasteiger partial charge in [0.1, 0.15) is 23.2 Å². The molecule has 40 heavy (non-hydrogen) atoms. The number of pyridine rings is 2. The second-order valence-electron chi connectivity index (χ2n) is 7.97. The first kappa shape index (κ1) is 27.9. The number of hydrogen-bond acceptors (Lipinski definition) is 7. The number of amides is 1. The highest BCUT2D eigenvalue weighted by Crippen LogP contribution is 2.35. The Bertz CT molecular complexity index is 1640. The third kappa shape index (κ3) is 5.81. The molecule has 0 bridgehead atoms. The fourth-order valence-electron chi connectivity index (χ4n) is 3.37. The van der Waals surface area contributed by atoms with Crippen LogP contribution in [0.3, 0.4) is 0 Å². The normalized spacial score (nSPS) is 11.9. The first-order valence-electron chi connectivity index (χ1n) is 11.0. The lowest BCUT2D eigenvalue weighted by Gasteiger charge is -2.14. The SMILES string of the molecule is CC(O)C#Cc1c(Oc2c(F)cc(NC(=O)c3cnn(-c4ncccc4F)c3C(F)(F)F)cc2F)ccnc1N. The van der Waals surface area contributed by atoms with Gasteiger partial charge in [0.05, 0.1) is 11.8 Å². The van der Waals surface area contributed by atoms with Gasteiger partial charge in [0.25, 0.3) is 5.91 Å². The fraction of sp³-hybridized carbons (Fsp3) is 0.120. The summed E-state index contributed by atoms with van der Waals surface area (Å²) in [5, 5.41) is 14.8. The molecule has 206 valence electrons. The molecule has 0 fully saturated rings. The Labute approximate surface area is 221 Å². The van der Waals surface area contributed by atoms with Gasteiger partial charge in [-0.05, 0) is 19.1 Å². The van der Waals surface area contributed by atoms with Crippen molar-refractivity contribution in [3.63, 3.8) is 0 Å². The van der Waals surface area contributed by atoms with Crippen molar-refractivity contribution >= 4 is 17.4 Å². The molecule has 1 amide bonds. The van der Waals surface area contributed by atoms with Crippen molar-refractivity contribution < 1.29 is 41.0 Å². The molecular formula is C25H16F6N6O3. The minimum atomic E-state index is -5.19. The average molecular weight is 562 g/mol. The maximum atomic E-state index is 14.8. The lowest BCUT2D eigenvalue weighted by molar-refractivity contribution is -0.143. The number of aliphatic hydroxyl groups excluding tert-OH is 1. The number of nitrogen functional groups attached to an aromatic ring is 1. The van der Waals surface area contributed by atoms with Gasteiger partial charge in [-0.1, -0.05) is 11.8 Å². The Morgan fingerprint density at radius 1 is 1.12 bits per heavy atom. The standard InChI is InChI=1S/C25H16F6N6O3/c1-12(38)4-5-14-19(6-8-33-22(14)32)40-20-17(27)9-13(10-18(20)28)36-24(39)15-11-35-37(21(15)25(29,30)31)23-16(26)3-2-7-34-23/h2-3,6-12,38H,1H3,(H2,32,33)(H,36,39). The molecule has 1 atom stereocenters. The number of aromatic nitrogens is 4. The molecule has 4 aromatic rings. The van der Waals surface area contributed by atoms with E-state index >= 15 is 0 Å². The van der Waals surface area contributed by atoms with E-state index in [9.17, 15) is 36.2 Å². The van der Waals surface area contributed by atoms with Crippen LogP contribution in [0.15, 0.2) is 48.9 Å². The van der Waals surface area contributed by atoms with Gasteiger partial charge in [0.2, 0.25) is 0 Å². The number of ether oxygens (including phenoxy) is 1. The number of nitrogens with zero attached hydrogens (tertiary/aromatic N) is 4. The van der Waals surface area contributed by atoms with E-state index in [-0.39, 0.29) is 21.8 Å². The molecule has 4 N–H and O–H groups in total. The van der Waals surface area contributed by atoms with E-state index in [0.29, 0.717) is 18.3 Å². The molecule has 0 saturated heterocycles.